The van der Waals surface area contributed by atoms with Gasteiger partial charge in [0.05, 0.1) is 19.5 Å². The highest BCUT2D eigenvalue weighted by atomic mass is 16.4. The van der Waals surface area contributed by atoms with Crippen LogP contribution in [0.5, 0.6) is 0 Å². The molecule has 3 amide bonds. The van der Waals surface area contributed by atoms with Gasteiger partial charge in [0, 0.05) is 18.3 Å². The fraction of sp³-hybridized carbons (Fsp3) is 0.588. The Balaban J connectivity index is 2.86. The zero-order valence-electron chi connectivity index (χ0n) is 16.3. The topological polar surface area (TPSA) is 200 Å². The fourth-order valence-corrected chi connectivity index (χ4v) is 2.48. The molecule has 0 aliphatic heterocycles. The summed E-state index contributed by atoms with van der Waals surface area (Å²) in [5.74, 6) is -3.76. The quantitative estimate of drug-likeness (QED) is 0.195. The first-order valence-corrected chi connectivity index (χ1v) is 9.14. The number of imidazole rings is 1. The molecule has 0 fully saturated rings. The summed E-state index contributed by atoms with van der Waals surface area (Å²) in [6, 6.07) is -3.65. The lowest BCUT2D eigenvalue weighted by Crippen LogP contribution is -2.58. The van der Waals surface area contributed by atoms with E-state index in [1.165, 1.54) is 12.5 Å². The Morgan fingerprint density at radius 2 is 1.83 bits per heavy atom. The van der Waals surface area contributed by atoms with Crippen molar-refractivity contribution in [2.24, 2.45) is 11.7 Å². The van der Waals surface area contributed by atoms with Crippen LogP contribution in [0.1, 0.15) is 26.0 Å². The highest BCUT2D eigenvalue weighted by molar-refractivity contribution is 5.93. The van der Waals surface area contributed by atoms with E-state index >= 15 is 0 Å². The van der Waals surface area contributed by atoms with Gasteiger partial charge in [0.15, 0.2) is 0 Å². The van der Waals surface area contributed by atoms with Crippen LogP contribution in [0.2, 0.25) is 0 Å². The first kappa shape index (κ1) is 24.0. The highest BCUT2D eigenvalue weighted by Gasteiger charge is 2.31. The van der Waals surface area contributed by atoms with Gasteiger partial charge in [-0.25, -0.2) is 9.78 Å². The fourth-order valence-electron chi connectivity index (χ4n) is 2.48. The number of hydrogen-bond acceptors (Lipinski definition) is 7. The van der Waals surface area contributed by atoms with E-state index in [1.54, 1.807) is 13.8 Å². The molecule has 0 aromatic carbocycles. The number of nitrogens with one attached hydrogen (secondary N) is 4. The van der Waals surface area contributed by atoms with Crippen molar-refractivity contribution in [2.45, 2.75) is 44.8 Å². The molecule has 1 rings (SSSR count). The molecule has 12 heteroatoms. The largest absolute Gasteiger partial charge is 0.480 e. The zero-order chi connectivity index (χ0) is 22.0. The molecule has 1 aromatic rings. The summed E-state index contributed by atoms with van der Waals surface area (Å²) >= 11 is 0. The van der Waals surface area contributed by atoms with Gasteiger partial charge in [0.1, 0.15) is 18.1 Å². The standard InChI is InChI=1S/C17H28N6O6/c1-3-9(2)14(17(28)29)23-16(27)12(7-24)22-15(26)11(21-13(25)5-18)4-10-6-19-8-20-10/h6,8-9,11-12,14,24H,3-5,7,18H2,1-2H3,(H,19,20)(H,21,25)(H,22,26)(H,23,27)(H,28,29). The van der Waals surface area contributed by atoms with Crippen molar-refractivity contribution >= 4 is 23.7 Å². The van der Waals surface area contributed by atoms with E-state index in [-0.39, 0.29) is 18.9 Å². The predicted octanol–water partition coefficient (Wildman–Crippen LogP) is -2.51. The lowest BCUT2D eigenvalue weighted by Gasteiger charge is -2.25. The number of nitrogens with zero attached hydrogens (tertiary/aromatic N) is 1. The smallest absolute Gasteiger partial charge is 0.326 e. The SMILES string of the molecule is CCC(C)C(NC(=O)C(CO)NC(=O)C(Cc1cnc[nH]1)NC(=O)CN)C(=O)O. The number of aromatic nitrogens is 2. The molecule has 4 atom stereocenters. The number of aliphatic carboxylic acids is 1. The molecule has 0 saturated heterocycles. The molecule has 162 valence electrons. The van der Waals surface area contributed by atoms with Gasteiger partial charge in [-0.3, -0.25) is 14.4 Å². The number of aliphatic hydroxyl groups is 1. The molecular formula is C17H28N6O6. The second kappa shape index (κ2) is 11.8. The number of aliphatic hydroxyl groups excluding tert-OH is 1. The maximum Gasteiger partial charge on any atom is 0.326 e. The Hall–Kier alpha value is -2.99. The summed E-state index contributed by atoms with van der Waals surface area (Å²) in [6.45, 7) is 2.34. The van der Waals surface area contributed by atoms with Gasteiger partial charge in [-0.05, 0) is 5.92 Å². The first-order chi connectivity index (χ1) is 13.7. The van der Waals surface area contributed by atoms with Crippen molar-refractivity contribution in [3.8, 4) is 0 Å². The van der Waals surface area contributed by atoms with Gasteiger partial charge in [-0.2, -0.15) is 0 Å². The van der Waals surface area contributed by atoms with Crippen LogP contribution < -0.4 is 21.7 Å². The lowest BCUT2D eigenvalue weighted by atomic mass is 9.99. The van der Waals surface area contributed by atoms with Crippen LogP contribution in [-0.2, 0) is 25.6 Å². The van der Waals surface area contributed by atoms with Gasteiger partial charge in [-0.15, -0.1) is 0 Å². The van der Waals surface area contributed by atoms with Crippen molar-refractivity contribution in [1.82, 2.24) is 25.9 Å². The molecule has 29 heavy (non-hydrogen) atoms. The van der Waals surface area contributed by atoms with Crippen LogP contribution in [-0.4, -0.2) is 75.1 Å². The number of carboxylic acids is 1. The Kier molecular flexibility index (Phi) is 9.75. The zero-order valence-corrected chi connectivity index (χ0v) is 16.3. The van der Waals surface area contributed by atoms with E-state index in [1.807, 2.05) is 0 Å². The Labute approximate surface area is 167 Å². The maximum atomic E-state index is 12.6. The number of rotatable bonds is 12. The summed E-state index contributed by atoms with van der Waals surface area (Å²) in [7, 11) is 0. The van der Waals surface area contributed by atoms with Crippen molar-refractivity contribution in [2.75, 3.05) is 13.2 Å². The van der Waals surface area contributed by atoms with Gasteiger partial charge >= 0.3 is 5.97 Å². The van der Waals surface area contributed by atoms with Gasteiger partial charge in [-0.1, -0.05) is 20.3 Å². The number of carbonyl (C=O) groups is 4. The third-order valence-corrected chi connectivity index (χ3v) is 4.41. The molecule has 1 aromatic heterocycles. The number of hydrogen-bond donors (Lipinski definition) is 7. The number of amides is 3. The van der Waals surface area contributed by atoms with Crippen LogP contribution in [0.25, 0.3) is 0 Å². The monoisotopic (exact) mass is 412 g/mol. The minimum Gasteiger partial charge on any atom is -0.480 e. The molecule has 0 spiro atoms. The minimum absolute atomic E-state index is 0.0436. The van der Waals surface area contributed by atoms with Crippen LogP contribution in [0.4, 0.5) is 0 Å². The van der Waals surface area contributed by atoms with Crippen LogP contribution >= 0.6 is 0 Å². The van der Waals surface area contributed by atoms with Crippen molar-refractivity contribution in [3.63, 3.8) is 0 Å². The van der Waals surface area contributed by atoms with Crippen LogP contribution in [0, 0.1) is 5.92 Å². The van der Waals surface area contributed by atoms with Gasteiger partial charge < -0.3 is 36.9 Å². The average molecular weight is 412 g/mol. The van der Waals surface area contributed by atoms with Crippen LogP contribution in [0.3, 0.4) is 0 Å². The molecule has 0 saturated carbocycles. The highest BCUT2D eigenvalue weighted by Crippen LogP contribution is 2.08. The number of aromatic amines is 1. The summed E-state index contributed by atoms with van der Waals surface area (Å²) in [5, 5.41) is 25.9. The molecule has 0 radical (unpaired) electrons. The number of carboxylic acid groups (broad SMARTS) is 1. The number of nitrogens with two attached hydrogens (primary N) is 1. The van der Waals surface area contributed by atoms with Crippen LogP contribution in [0.15, 0.2) is 12.5 Å². The van der Waals surface area contributed by atoms with Crippen molar-refractivity contribution < 1.29 is 29.4 Å². The molecule has 0 aliphatic rings. The minimum atomic E-state index is -1.40. The molecule has 8 N–H and O–H groups in total. The molecule has 0 aliphatic carbocycles. The molecule has 0 bridgehead atoms. The Bertz CT molecular complexity index is 695. The molecule has 1 heterocycles. The Morgan fingerprint density at radius 3 is 2.31 bits per heavy atom. The average Bonchev–Trinajstić information content (AvgIpc) is 3.21. The normalized spacial score (nSPS) is 14.9. The predicted molar refractivity (Wildman–Crippen MR) is 101 cm³/mol. The second-order valence-corrected chi connectivity index (χ2v) is 6.56. The van der Waals surface area contributed by atoms with Crippen molar-refractivity contribution in [3.05, 3.63) is 18.2 Å². The first-order valence-electron chi connectivity index (χ1n) is 9.14. The van der Waals surface area contributed by atoms with Gasteiger partial charge in [0.25, 0.3) is 0 Å². The third kappa shape index (κ3) is 7.50. The van der Waals surface area contributed by atoms with E-state index in [2.05, 4.69) is 25.9 Å². The van der Waals surface area contributed by atoms with E-state index in [0.717, 1.165) is 0 Å². The second-order valence-electron chi connectivity index (χ2n) is 6.56. The van der Waals surface area contributed by atoms with E-state index < -0.39 is 48.4 Å². The summed E-state index contributed by atoms with van der Waals surface area (Å²) in [4.78, 5) is 54.6. The summed E-state index contributed by atoms with van der Waals surface area (Å²) in [6.07, 6.45) is 3.42. The van der Waals surface area contributed by atoms with Gasteiger partial charge in [0.2, 0.25) is 17.7 Å². The summed E-state index contributed by atoms with van der Waals surface area (Å²) in [5.41, 5.74) is 5.82. The molecule has 4 unspecified atom stereocenters. The Morgan fingerprint density at radius 1 is 1.17 bits per heavy atom. The van der Waals surface area contributed by atoms with E-state index in [0.29, 0.717) is 12.1 Å². The molecular weight excluding hydrogens is 384 g/mol. The number of H-pyrrole nitrogens is 1. The third-order valence-electron chi connectivity index (χ3n) is 4.41. The lowest BCUT2D eigenvalue weighted by molar-refractivity contribution is -0.144. The van der Waals surface area contributed by atoms with E-state index in [9.17, 15) is 29.4 Å². The van der Waals surface area contributed by atoms with Crippen molar-refractivity contribution in [1.29, 1.82) is 0 Å². The summed E-state index contributed by atoms with van der Waals surface area (Å²) < 4.78 is 0. The molecule has 12 nitrogen and oxygen atoms in total. The maximum absolute atomic E-state index is 12.6. The number of carbonyl (C=O) groups excluding carboxylic acids is 3. The van der Waals surface area contributed by atoms with E-state index in [4.69, 9.17) is 5.73 Å².